The minimum atomic E-state index is -0.579. The van der Waals surface area contributed by atoms with Gasteiger partial charge in [-0.25, -0.2) is 9.50 Å². The van der Waals surface area contributed by atoms with Gasteiger partial charge < -0.3 is 10.5 Å². The first-order chi connectivity index (χ1) is 13.5. The minimum Gasteiger partial charge on any atom is -0.472 e. The van der Waals surface area contributed by atoms with Gasteiger partial charge in [0.15, 0.2) is 5.65 Å². The summed E-state index contributed by atoms with van der Waals surface area (Å²) in [5.74, 6) is -0.143. The Morgan fingerprint density at radius 1 is 1.11 bits per heavy atom. The number of primary amides is 1. The van der Waals surface area contributed by atoms with Gasteiger partial charge in [0.2, 0.25) is 11.8 Å². The number of carbonyl (C=O) groups excluding carboxylic acids is 1. The van der Waals surface area contributed by atoms with Crippen LogP contribution in [0.2, 0.25) is 10.0 Å². The fraction of sp³-hybridized carbons (Fsp3) is 0.0500. The predicted octanol–water partition coefficient (Wildman–Crippen LogP) is 4.38. The van der Waals surface area contributed by atoms with Crippen LogP contribution in [0, 0.1) is 0 Å². The van der Waals surface area contributed by atoms with Crippen molar-refractivity contribution in [3.05, 3.63) is 82.0 Å². The molecule has 0 aliphatic rings. The highest BCUT2D eigenvalue weighted by Crippen LogP contribution is 2.26. The highest BCUT2D eigenvalue weighted by atomic mass is 35.5. The van der Waals surface area contributed by atoms with Gasteiger partial charge >= 0.3 is 0 Å². The lowest BCUT2D eigenvalue weighted by Gasteiger charge is -2.08. The molecule has 0 spiro atoms. The van der Waals surface area contributed by atoms with Crippen LogP contribution in [-0.4, -0.2) is 20.5 Å². The fourth-order valence-corrected chi connectivity index (χ4v) is 3.28. The van der Waals surface area contributed by atoms with Crippen LogP contribution in [-0.2, 0) is 6.61 Å². The maximum atomic E-state index is 11.4. The van der Waals surface area contributed by atoms with E-state index in [0.29, 0.717) is 28.9 Å². The van der Waals surface area contributed by atoms with Crippen LogP contribution < -0.4 is 10.5 Å². The first-order valence-corrected chi connectivity index (χ1v) is 9.08. The lowest BCUT2D eigenvalue weighted by atomic mass is 10.1. The number of hydrogen-bond acceptors (Lipinski definition) is 4. The Kier molecular flexibility index (Phi) is 4.90. The molecule has 0 aliphatic carbocycles. The van der Waals surface area contributed by atoms with Gasteiger partial charge in [0.1, 0.15) is 6.61 Å². The molecule has 4 rings (SSSR count). The number of rotatable bonds is 5. The van der Waals surface area contributed by atoms with Crippen LogP contribution in [0.1, 0.15) is 15.9 Å². The van der Waals surface area contributed by atoms with Crippen LogP contribution in [0.25, 0.3) is 16.9 Å². The molecule has 0 radical (unpaired) electrons. The monoisotopic (exact) mass is 412 g/mol. The van der Waals surface area contributed by atoms with Gasteiger partial charge in [0.25, 0.3) is 0 Å². The van der Waals surface area contributed by atoms with Crippen LogP contribution in [0.4, 0.5) is 0 Å². The third kappa shape index (κ3) is 3.65. The van der Waals surface area contributed by atoms with Crippen molar-refractivity contribution in [3.63, 3.8) is 0 Å². The van der Waals surface area contributed by atoms with E-state index in [1.54, 1.807) is 35.0 Å². The van der Waals surface area contributed by atoms with Crippen LogP contribution in [0.3, 0.4) is 0 Å². The van der Waals surface area contributed by atoms with E-state index >= 15 is 0 Å². The van der Waals surface area contributed by atoms with E-state index in [0.717, 1.165) is 11.1 Å². The standard InChI is InChI=1S/C20H14Cl2N4O2/c21-14-3-1-2-12(8-14)11-28-19-7-6-18-24-10-17(26(18)25-19)13-4-5-15(20(23)27)16(22)9-13/h1-10H,11H2,(H2,23,27). The molecule has 2 aromatic heterocycles. The topological polar surface area (TPSA) is 82.5 Å². The second kappa shape index (κ2) is 7.50. The molecule has 1 amide bonds. The summed E-state index contributed by atoms with van der Waals surface area (Å²) in [5, 5.41) is 5.42. The molecule has 2 N–H and O–H groups in total. The van der Waals surface area contributed by atoms with Crippen molar-refractivity contribution >= 4 is 34.8 Å². The molecule has 6 nitrogen and oxygen atoms in total. The van der Waals surface area contributed by atoms with Crippen molar-refractivity contribution in [2.75, 3.05) is 0 Å². The molecule has 2 aromatic carbocycles. The zero-order valence-corrected chi connectivity index (χ0v) is 16.0. The number of fused-ring (bicyclic) bond motifs is 1. The SMILES string of the molecule is NC(=O)c1ccc(-c2cnc3ccc(OCc4cccc(Cl)c4)nn23)cc1Cl. The first kappa shape index (κ1) is 18.3. The van der Waals surface area contributed by atoms with Crippen molar-refractivity contribution in [1.29, 1.82) is 0 Å². The van der Waals surface area contributed by atoms with E-state index in [2.05, 4.69) is 10.1 Å². The number of halogens is 2. The molecule has 0 unspecified atom stereocenters. The molecule has 0 fully saturated rings. The largest absolute Gasteiger partial charge is 0.472 e. The Balaban J connectivity index is 1.65. The van der Waals surface area contributed by atoms with Crippen molar-refractivity contribution in [1.82, 2.24) is 14.6 Å². The summed E-state index contributed by atoms with van der Waals surface area (Å²) in [6.07, 6.45) is 1.68. The lowest BCUT2D eigenvalue weighted by Crippen LogP contribution is -2.11. The van der Waals surface area contributed by atoms with E-state index in [-0.39, 0.29) is 10.6 Å². The fourth-order valence-electron chi connectivity index (χ4n) is 2.79. The van der Waals surface area contributed by atoms with Crippen LogP contribution in [0.15, 0.2) is 60.8 Å². The summed E-state index contributed by atoms with van der Waals surface area (Å²) >= 11 is 12.2. The lowest BCUT2D eigenvalue weighted by molar-refractivity contribution is 0.100. The van der Waals surface area contributed by atoms with E-state index in [9.17, 15) is 4.79 Å². The number of imidazole rings is 1. The molecule has 0 bridgehead atoms. The molecule has 28 heavy (non-hydrogen) atoms. The number of nitrogens with zero attached hydrogens (tertiary/aromatic N) is 3. The Hall–Kier alpha value is -3.09. The van der Waals surface area contributed by atoms with Gasteiger partial charge in [-0.05, 0) is 35.9 Å². The molecule has 0 saturated heterocycles. The Morgan fingerprint density at radius 3 is 2.71 bits per heavy atom. The number of ether oxygens (including phenoxy) is 1. The second-order valence-corrected chi connectivity index (χ2v) is 6.91. The first-order valence-electron chi connectivity index (χ1n) is 8.33. The van der Waals surface area contributed by atoms with E-state index in [1.165, 1.54) is 0 Å². The minimum absolute atomic E-state index is 0.262. The maximum absolute atomic E-state index is 11.4. The van der Waals surface area contributed by atoms with Gasteiger partial charge in [0.05, 0.1) is 22.5 Å². The Labute approximate surface area is 170 Å². The summed E-state index contributed by atoms with van der Waals surface area (Å²) in [6.45, 7) is 0.336. The average molecular weight is 413 g/mol. The molecular formula is C20H14Cl2N4O2. The smallest absolute Gasteiger partial charge is 0.250 e. The number of aromatic nitrogens is 3. The molecule has 2 heterocycles. The van der Waals surface area contributed by atoms with Gasteiger partial charge in [0, 0.05) is 16.7 Å². The molecular weight excluding hydrogens is 399 g/mol. The van der Waals surface area contributed by atoms with E-state index in [1.807, 2.05) is 30.3 Å². The molecule has 0 aliphatic heterocycles. The van der Waals surface area contributed by atoms with Crippen LogP contribution in [0.5, 0.6) is 5.88 Å². The Bertz CT molecular complexity index is 1190. The predicted molar refractivity (Wildman–Crippen MR) is 108 cm³/mol. The van der Waals surface area contributed by atoms with Gasteiger partial charge in [-0.15, -0.1) is 5.10 Å². The van der Waals surface area contributed by atoms with E-state index < -0.39 is 5.91 Å². The summed E-state index contributed by atoms with van der Waals surface area (Å²) in [5.41, 5.74) is 8.62. The average Bonchev–Trinajstić information content (AvgIpc) is 3.09. The zero-order chi connectivity index (χ0) is 19.7. The molecule has 0 atom stereocenters. The summed E-state index contributed by atoms with van der Waals surface area (Å²) < 4.78 is 7.44. The summed E-state index contributed by atoms with van der Waals surface area (Å²) in [7, 11) is 0. The van der Waals surface area contributed by atoms with Crippen LogP contribution >= 0.6 is 23.2 Å². The molecule has 4 aromatic rings. The van der Waals surface area contributed by atoms with Gasteiger partial charge in [-0.1, -0.05) is 41.4 Å². The number of nitrogens with two attached hydrogens (primary N) is 1. The summed E-state index contributed by atoms with van der Waals surface area (Å²) in [6, 6.07) is 16.0. The quantitative estimate of drug-likeness (QED) is 0.527. The summed E-state index contributed by atoms with van der Waals surface area (Å²) in [4.78, 5) is 15.7. The number of hydrogen-bond donors (Lipinski definition) is 1. The maximum Gasteiger partial charge on any atom is 0.250 e. The van der Waals surface area contributed by atoms with Crippen molar-refractivity contribution in [2.45, 2.75) is 6.61 Å². The normalized spacial score (nSPS) is 10.9. The number of amides is 1. The third-order valence-electron chi connectivity index (χ3n) is 4.14. The molecule has 140 valence electrons. The van der Waals surface area contributed by atoms with Crippen molar-refractivity contribution < 1.29 is 9.53 Å². The molecule has 0 saturated carbocycles. The van der Waals surface area contributed by atoms with Crippen molar-refractivity contribution in [3.8, 4) is 17.1 Å². The van der Waals surface area contributed by atoms with Gasteiger partial charge in [-0.3, -0.25) is 4.79 Å². The molecule has 8 heteroatoms. The second-order valence-electron chi connectivity index (χ2n) is 6.06. The van der Waals surface area contributed by atoms with E-state index in [4.69, 9.17) is 33.7 Å². The Morgan fingerprint density at radius 2 is 1.96 bits per heavy atom. The number of benzene rings is 2. The zero-order valence-electron chi connectivity index (χ0n) is 14.5. The van der Waals surface area contributed by atoms with Gasteiger partial charge in [-0.2, -0.15) is 0 Å². The van der Waals surface area contributed by atoms with Crippen molar-refractivity contribution in [2.24, 2.45) is 5.73 Å². The third-order valence-corrected chi connectivity index (χ3v) is 4.69. The highest BCUT2D eigenvalue weighted by molar-refractivity contribution is 6.34. The highest BCUT2D eigenvalue weighted by Gasteiger charge is 2.12. The number of carbonyl (C=O) groups is 1.